The number of pyridine rings is 1. The Morgan fingerprint density at radius 2 is 2.20 bits per heavy atom. The molecule has 0 atom stereocenters. The molecular formula is C10H10BrNO3. The molecule has 1 rings (SSSR count). The lowest BCUT2D eigenvalue weighted by molar-refractivity contribution is -0.121. The van der Waals surface area contributed by atoms with Crippen LogP contribution < -0.4 is 0 Å². The minimum Gasteiger partial charge on any atom is -0.377 e. The molecule has 4 nitrogen and oxygen atoms in total. The van der Waals surface area contributed by atoms with E-state index in [1.807, 2.05) is 0 Å². The summed E-state index contributed by atoms with van der Waals surface area (Å²) < 4.78 is 5.42. The largest absolute Gasteiger partial charge is 0.377 e. The van der Waals surface area contributed by atoms with Crippen LogP contribution in [-0.4, -0.2) is 30.3 Å². The Morgan fingerprint density at radius 3 is 2.73 bits per heavy atom. The summed E-state index contributed by atoms with van der Waals surface area (Å²) in [6.07, 6.45) is 1.36. The number of methoxy groups -OCH3 is 1. The average molecular weight is 272 g/mol. The molecule has 0 bridgehead atoms. The van der Waals surface area contributed by atoms with E-state index in [1.54, 1.807) is 12.1 Å². The van der Waals surface area contributed by atoms with E-state index in [4.69, 9.17) is 0 Å². The maximum atomic E-state index is 11.5. The molecule has 15 heavy (non-hydrogen) atoms. The van der Waals surface area contributed by atoms with Crippen molar-refractivity contribution in [2.24, 2.45) is 0 Å². The number of Topliss-reactive ketones (excluding diaryl/α,β-unsaturated/α-hetero) is 2. The van der Waals surface area contributed by atoms with Gasteiger partial charge >= 0.3 is 0 Å². The van der Waals surface area contributed by atoms with Crippen molar-refractivity contribution in [1.29, 1.82) is 0 Å². The molecule has 0 aliphatic heterocycles. The molecule has 0 aliphatic carbocycles. The van der Waals surface area contributed by atoms with E-state index >= 15 is 0 Å². The van der Waals surface area contributed by atoms with Gasteiger partial charge in [0, 0.05) is 17.8 Å². The van der Waals surface area contributed by atoms with E-state index in [1.165, 1.54) is 13.3 Å². The van der Waals surface area contributed by atoms with Crippen LogP contribution in [0.5, 0.6) is 0 Å². The smallest absolute Gasteiger partial charge is 0.188 e. The van der Waals surface area contributed by atoms with Crippen molar-refractivity contribution in [1.82, 2.24) is 4.98 Å². The van der Waals surface area contributed by atoms with Gasteiger partial charge in [0.2, 0.25) is 0 Å². The van der Waals surface area contributed by atoms with E-state index in [0.29, 0.717) is 5.69 Å². The molecule has 0 aliphatic rings. The van der Waals surface area contributed by atoms with Crippen LogP contribution in [0.1, 0.15) is 16.9 Å². The van der Waals surface area contributed by atoms with Gasteiger partial charge in [-0.15, -0.1) is 0 Å². The van der Waals surface area contributed by atoms with E-state index in [9.17, 15) is 9.59 Å². The van der Waals surface area contributed by atoms with Crippen molar-refractivity contribution in [2.45, 2.75) is 6.42 Å². The van der Waals surface area contributed by atoms with Gasteiger partial charge in [-0.1, -0.05) is 0 Å². The van der Waals surface area contributed by atoms with Crippen LogP contribution in [0.4, 0.5) is 0 Å². The normalized spacial score (nSPS) is 10.0. The summed E-state index contributed by atoms with van der Waals surface area (Å²) in [4.78, 5) is 26.5. The van der Waals surface area contributed by atoms with Gasteiger partial charge < -0.3 is 4.74 Å². The number of carbonyl (C=O) groups is 2. The average Bonchev–Trinajstić information content (AvgIpc) is 2.18. The van der Waals surface area contributed by atoms with E-state index in [-0.39, 0.29) is 24.6 Å². The first-order chi connectivity index (χ1) is 7.13. The molecular weight excluding hydrogens is 262 g/mol. The number of nitrogens with zero attached hydrogens (tertiary/aromatic N) is 1. The Bertz CT molecular complexity index is 361. The molecule has 0 saturated heterocycles. The van der Waals surface area contributed by atoms with Crippen LogP contribution in [0.15, 0.2) is 22.8 Å². The number of carbonyl (C=O) groups excluding carboxylic acids is 2. The molecule has 0 N–H and O–H groups in total. The van der Waals surface area contributed by atoms with Gasteiger partial charge in [-0.05, 0) is 28.1 Å². The fraction of sp³-hybridized carbons (Fsp3) is 0.300. The van der Waals surface area contributed by atoms with E-state index in [2.05, 4.69) is 25.7 Å². The molecule has 1 heterocycles. The highest BCUT2D eigenvalue weighted by molar-refractivity contribution is 9.10. The van der Waals surface area contributed by atoms with Crippen LogP contribution in [-0.2, 0) is 9.53 Å². The molecule has 0 fully saturated rings. The zero-order valence-electron chi connectivity index (χ0n) is 8.20. The Labute approximate surface area is 95.8 Å². The summed E-state index contributed by atoms with van der Waals surface area (Å²) in [5.74, 6) is -0.531. The maximum absolute atomic E-state index is 11.5. The Balaban J connectivity index is 2.61. The van der Waals surface area contributed by atoms with Crippen molar-refractivity contribution in [2.75, 3.05) is 13.7 Å². The van der Waals surface area contributed by atoms with Crippen LogP contribution in [0.25, 0.3) is 0 Å². The zero-order chi connectivity index (χ0) is 11.3. The highest BCUT2D eigenvalue weighted by atomic mass is 79.9. The number of rotatable bonds is 5. The monoisotopic (exact) mass is 271 g/mol. The van der Waals surface area contributed by atoms with Crippen LogP contribution in [0.3, 0.4) is 0 Å². The summed E-state index contributed by atoms with van der Waals surface area (Å²) in [6, 6.07) is 3.29. The molecule has 80 valence electrons. The van der Waals surface area contributed by atoms with Crippen molar-refractivity contribution in [3.8, 4) is 0 Å². The number of aromatic nitrogens is 1. The maximum Gasteiger partial charge on any atom is 0.188 e. The van der Waals surface area contributed by atoms with Crippen molar-refractivity contribution >= 4 is 27.5 Å². The number of hydrogen-bond acceptors (Lipinski definition) is 4. The van der Waals surface area contributed by atoms with Gasteiger partial charge in [-0.2, -0.15) is 0 Å². The topological polar surface area (TPSA) is 56.3 Å². The SMILES string of the molecule is COCC(=O)CC(=O)c1ccc(Br)cn1. The molecule has 0 aromatic carbocycles. The second-order valence-electron chi connectivity index (χ2n) is 2.93. The van der Waals surface area contributed by atoms with Crippen LogP contribution in [0, 0.1) is 0 Å². The lowest BCUT2D eigenvalue weighted by atomic mass is 10.1. The lowest BCUT2D eigenvalue weighted by Gasteiger charge is -1.99. The molecule has 0 saturated carbocycles. The van der Waals surface area contributed by atoms with Gasteiger partial charge in [-0.3, -0.25) is 14.6 Å². The quantitative estimate of drug-likeness (QED) is 0.604. The predicted octanol–water partition coefficient (Wildman–Crippen LogP) is 1.63. The summed E-state index contributed by atoms with van der Waals surface area (Å²) in [7, 11) is 1.42. The molecule has 0 spiro atoms. The summed E-state index contributed by atoms with van der Waals surface area (Å²) in [6.45, 7) is -0.0394. The third-order valence-electron chi connectivity index (χ3n) is 1.68. The third-order valence-corrected chi connectivity index (χ3v) is 2.15. The minimum atomic E-state index is -0.287. The lowest BCUT2D eigenvalue weighted by Crippen LogP contribution is -2.13. The fourth-order valence-corrected chi connectivity index (χ4v) is 1.26. The second kappa shape index (κ2) is 5.72. The standard InChI is InChI=1S/C10H10BrNO3/c1-15-6-8(13)4-10(14)9-3-2-7(11)5-12-9/h2-3,5H,4,6H2,1H3. The number of ketones is 2. The van der Waals surface area contributed by atoms with Gasteiger partial charge in [0.25, 0.3) is 0 Å². The molecule has 1 aromatic heterocycles. The van der Waals surface area contributed by atoms with Crippen molar-refractivity contribution < 1.29 is 14.3 Å². The fourth-order valence-electron chi connectivity index (χ4n) is 1.02. The molecule has 0 unspecified atom stereocenters. The number of hydrogen-bond donors (Lipinski definition) is 0. The van der Waals surface area contributed by atoms with Crippen LogP contribution in [0.2, 0.25) is 0 Å². The zero-order valence-corrected chi connectivity index (χ0v) is 9.78. The Morgan fingerprint density at radius 1 is 1.47 bits per heavy atom. The number of halogens is 1. The summed E-state index contributed by atoms with van der Waals surface area (Å²) in [5.41, 5.74) is 0.294. The van der Waals surface area contributed by atoms with Gasteiger partial charge in [0.05, 0.1) is 6.42 Å². The molecule has 1 aromatic rings. The van der Waals surface area contributed by atoms with E-state index in [0.717, 1.165) is 4.47 Å². The highest BCUT2D eigenvalue weighted by Gasteiger charge is 2.12. The summed E-state index contributed by atoms with van der Waals surface area (Å²) >= 11 is 3.21. The van der Waals surface area contributed by atoms with E-state index < -0.39 is 0 Å². The first kappa shape index (κ1) is 12.0. The summed E-state index contributed by atoms with van der Waals surface area (Å²) in [5, 5.41) is 0. The minimum absolute atomic E-state index is 0.0394. The molecule has 0 amide bonds. The first-order valence-electron chi connectivity index (χ1n) is 4.29. The first-order valence-corrected chi connectivity index (χ1v) is 5.08. The number of ether oxygens (including phenoxy) is 1. The highest BCUT2D eigenvalue weighted by Crippen LogP contribution is 2.08. The van der Waals surface area contributed by atoms with Crippen LogP contribution >= 0.6 is 15.9 Å². The third kappa shape index (κ3) is 3.89. The second-order valence-corrected chi connectivity index (χ2v) is 3.85. The molecule has 0 radical (unpaired) electrons. The van der Waals surface area contributed by atoms with Gasteiger partial charge in [-0.25, -0.2) is 0 Å². The van der Waals surface area contributed by atoms with Crippen molar-refractivity contribution in [3.63, 3.8) is 0 Å². The Hall–Kier alpha value is -1.07. The molecule has 5 heteroatoms. The van der Waals surface area contributed by atoms with Gasteiger partial charge in [0.15, 0.2) is 11.6 Å². The van der Waals surface area contributed by atoms with Gasteiger partial charge in [0.1, 0.15) is 12.3 Å². The van der Waals surface area contributed by atoms with Crippen molar-refractivity contribution in [3.05, 3.63) is 28.5 Å². The Kier molecular flexibility index (Phi) is 4.58. The predicted molar refractivity (Wildman–Crippen MR) is 57.8 cm³/mol.